The molecule has 0 aromatic heterocycles. The second-order valence-electron chi connectivity index (χ2n) is 6.84. The summed E-state index contributed by atoms with van der Waals surface area (Å²) >= 11 is 0. The van der Waals surface area contributed by atoms with Crippen LogP contribution in [0.2, 0.25) is 0 Å². The topological polar surface area (TPSA) is 92.5 Å². The monoisotopic (exact) mass is 423 g/mol. The molecule has 1 fully saturated rings. The van der Waals surface area contributed by atoms with Gasteiger partial charge in [0.15, 0.2) is 0 Å². The van der Waals surface area contributed by atoms with Crippen LogP contribution in [0, 0.1) is 5.92 Å². The van der Waals surface area contributed by atoms with Crippen LogP contribution in [0.3, 0.4) is 0 Å². The lowest BCUT2D eigenvalue weighted by Gasteiger charge is -2.21. The maximum atomic E-state index is 12.9. The normalized spacial score (nSPS) is 18.9. The van der Waals surface area contributed by atoms with Crippen LogP contribution < -0.4 is 15.4 Å². The van der Waals surface area contributed by atoms with Crippen LogP contribution in [0.25, 0.3) is 0 Å². The molecule has 3 rings (SSSR count). The van der Waals surface area contributed by atoms with Crippen LogP contribution >= 0.6 is 12.4 Å². The number of para-hydroxylation sites is 1. The highest BCUT2D eigenvalue weighted by Gasteiger charge is 2.28. The Morgan fingerprint density at radius 2 is 1.86 bits per heavy atom. The molecule has 0 bridgehead atoms. The van der Waals surface area contributed by atoms with Gasteiger partial charge in [-0.05, 0) is 55.6 Å². The van der Waals surface area contributed by atoms with Crippen molar-refractivity contribution in [1.82, 2.24) is 5.32 Å². The average Bonchev–Trinajstić information content (AvgIpc) is 3.15. The van der Waals surface area contributed by atoms with E-state index in [9.17, 15) is 13.2 Å². The second-order valence-corrected chi connectivity index (χ2v) is 8.81. The Balaban J connectivity index is 0.00000280. The third-order valence-corrected chi connectivity index (χ3v) is 6.93. The van der Waals surface area contributed by atoms with Gasteiger partial charge in [0.2, 0.25) is 0 Å². The molecular weight excluding hydrogens is 398 g/mol. The molecule has 0 saturated heterocycles. The number of amides is 1. The Morgan fingerprint density at radius 1 is 1.14 bits per heavy atom. The molecule has 2 unspecified atom stereocenters. The lowest BCUT2D eigenvalue weighted by Crippen LogP contribution is -2.39. The fourth-order valence-electron chi connectivity index (χ4n) is 3.49. The van der Waals surface area contributed by atoms with E-state index in [0.717, 1.165) is 19.3 Å². The van der Waals surface area contributed by atoms with Crippen LogP contribution in [0.5, 0.6) is 0 Å². The molecule has 1 aliphatic carbocycles. The summed E-state index contributed by atoms with van der Waals surface area (Å²) in [6, 6.07) is 15.0. The minimum Gasteiger partial charge on any atom is -0.349 e. The molecule has 0 heterocycles. The van der Waals surface area contributed by atoms with E-state index in [1.54, 1.807) is 36.4 Å². The predicted octanol–water partition coefficient (Wildman–Crippen LogP) is 2.79. The van der Waals surface area contributed by atoms with Gasteiger partial charge in [0.25, 0.3) is 15.9 Å². The van der Waals surface area contributed by atoms with Gasteiger partial charge in [0.05, 0.1) is 10.6 Å². The Labute approximate surface area is 172 Å². The molecule has 1 saturated carbocycles. The quantitative estimate of drug-likeness (QED) is 0.747. The Bertz CT molecular complexity index is 906. The maximum absolute atomic E-state index is 12.9. The number of rotatable bonds is 6. The summed E-state index contributed by atoms with van der Waals surface area (Å²) in [5.74, 6) is 0.0184. The Kier molecular flexibility index (Phi) is 7.46. The van der Waals surface area contributed by atoms with Crippen LogP contribution in [0.15, 0.2) is 59.5 Å². The fourth-order valence-corrected chi connectivity index (χ4v) is 4.74. The Morgan fingerprint density at radius 3 is 2.54 bits per heavy atom. The van der Waals surface area contributed by atoms with Crippen molar-refractivity contribution < 1.29 is 13.2 Å². The molecule has 0 spiro atoms. The van der Waals surface area contributed by atoms with Crippen LogP contribution in [0.4, 0.5) is 5.69 Å². The number of carbonyl (C=O) groups is 1. The summed E-state index contributed by atoms with van der Waals surface area (Å²) in [7, 11) is -2.26. The van der Waals surface area contributed by atoms with Crippen LogP contribution in [-0.2, 0) is 10.0 Å². The highest BCUT2D eigenvalue weighted by Crippen LogP contribution is 2.26. The first-order valence-corrected chi connectivity index (χ1v) is 10.5. The molecule has 28 heavy (non-hydrogen) atoms. The molecule has 1 aliphatic rings. The van der Waals surface area contributed by atoms with Crippen molar-refractivity contribution in [3.63, 3.8) is 0 Å². The number of nitrogens with two attached hydrogens (primary N) is 1. The van der Waals surface area contributed by atoms with Crippen LogP contribution in [0.1, 0.15) is 29.6 Å². The molecule has 2 aromatic carbocycles. The average molecular weight is 424 g/mol. The van der Waals surface area contributed by atoms with Gasteiger partial charge in [-0.25, -0.2) is 8.42 Å². The molecule has 8 heteroatoms. The van der Waals surface area contributed by atoms with Gasteiger partial charge in [-0.2, -0.15) is 0 Å². The van der Waals surface area contributed by atoms with Gasteiger partial charge in [-0.3, -0.25) is 9.10 Å². The summed E-state index contributed by atoms with van der Waals surface area (Å²) in [4.78, 5) is 12.7. The van der Waals surface area contributed by atoms with Gasteiger partial charge in [-0.15, -0.1) is 12.4 Å². The van der Waals surface area contributed by atoms with Gasteiger partial charge in [-0.1, -0.05) is 30.7 Å². The predicted molar refractivity (Wildman–Crippen MR) is 113 cm³/mol. The summed E-state index contributed by atoms with van der Waals surface area (Å²) in [5.41, 5.74) is 6.67. The fraction of sp³-hybridized carbons (Fsp3) is 0.350. The highest BCUT2D eigenvalue weighted by molar-refractivity contribution is 7.92. The number of nitrogens with zero attached hydrogens (tertiary/aromatic N) is 1. The van der Waals surface area contributed by atoms with Crippen molar-refractivity contribution in [3.05, 3.63) is 60.2 Å². The number of hydrogen-bond acceptors (Lipinski definition) is 4. The zero-order valence-corrected chi connectivity index (χ0v) is 17.4. The Hall–Kier alpha value is -2.09. The molecule has 0 aliphatic heterocycles. The van der Waals surface area contributed by atoms with Crippen molar-refractivity contribution in [2.75, 3.05) is 17.9 Å². The molecule has 2 aromatic rings. The highest BCUT2D eigenvalue weighted by atomic mass is 35.5. The molecule has 3 N–H and O–H groups in total. The molecule has 152 valence electrons. The summed E-state index contributed by atoms with van der Waals surface area (Å²) in [6.07, 6.45) is 2.96. The lowest BCUT2D eigenvalue weighted by atomic mass is 10.0. The van der Waals surface area contributed by atoms with Gasteiger partial charge < -0.3 is 11.1 Å². The van der Waals surface area contributed by atoms with Gasteiger partial charge in [0.1, 0.15) is 0 Å². The van der Waals surface area contributed by atoms with Crippen molar-refractivity contribution in [1.29, 1.82) is 0 Å². The lowest BCUT2D eigenvalue weighted by molar-refractivity contribution is 0.0928. The minimum atomic E-state index is -3.76. The third kappa shape index (κ3) is 4.66. The molecule has 2 atom stereocenters. The zero-order chi connectivity index (χ0) is 19.4. The zero-order valence-electron chi connectivity index (χ0n) is 15.7. The second kappa shape index (κ2) is 9.41. The molecule has 6 nitrogen and oxygen atoms in total. The van der Waals surface area contributed by atoms with E-state index in [2.05, 4.69) is 5.32 Å². The SMILES string of the molecule is CN(c1ccccc1)S(=O)(=O)c1cccc(C(=O)NC2CCCC2CN)c1.Cl. The van der Waals surface area contributed by atoms with E-state index in [0.29, 0.717) is 17.8 Å². The standard InChI is InChI=1S/C20H25N3O3S.ClH/c1-23(17-9-3-2-4-10-17)27(25,26)18-11-5-7-15(13-18)20(24)22-19-12-6-8-16(19)14-21;/h2-5,7,9-11,13,16,19H,6,8,12,14,21H2,1H3,(H,22,24);1H. The molecule has 0 radical (unpaired) electrons. The van der Waals surface area contributed by atoms with Crippen molar-refractivity contribution in [2.24, 2.45) is 11.7 Å². The molecule has 1 amide bonds. The van der Waals surface area contributed by atoms with Gasteiger partial charge >= 0.3 is 0 Å². The summed E-state index contributed by atoms with van der Waals surface area (Å²) in [6.45, 7) is 0.543. The largest absolute Gasteiger partial charge is 0.349 e. The van der Waals surface area contributed by atoms with E-state index < -0.39 is 10.0 Å². The first kappa shape index (κ1) is 22.2. The van der Waals surface area contributed by atoms with Gasteiger partial charge in [0, 0.05) is 18.7 Å². The first-order valence-electron chi connectivity index (χ1n) is 9.08. The number of anilines is 1. The van der Waals surface area contributed by atoms with Crippen molar-refractivity contribution in [3.8, 4) is 0 Å². The number of hydrogen-bond donors (Lipinski definition) is 2. The third-order valence-electron chi connectivity index (χ3n) is 5.15. The van der Waals surface area contributed by atoms with E-state index in [-0.39, 0.29) is 35.2 Å². The minimum absolute atomic E-state index is 0. The molecular formula is C20H26ClN3O3S. The number of benzene rings is 2. The number of carbonyl (C=O) groups excluding carboxylic acids is 1. The number of sulfonamides is 1. The number of nitrogens with one attached hydrogen (secondary N) is 1. The van der Waals surface area contributed by atoms with E-state index in [1.807, 2.05) is 6.07 Å². The maximum Gasteiger partial charge on any atom is 0.264 e. The van der Waals surface area contributed by atoms with Crippen LogP contribution in [-0.4, -0.2) is 34.0 Å². The van der Waals surface area contributed by atoms with Crippen molar-refractivity contribution >= 4 is 34.0 Å². The first-order chi connectivity index (χ1) is 12.9. The van der Waals surface area contributed by atoms with Crippen molar-refractivity contribution in [2.45, 2.75) is 30.2 Å². The smallest absolute Gasteiger partial charge is 0.264 e. The van der Waals surface area contributed by atoms with E-state index in [1.165, 1.54) is 23.5 Å². The van der Waals surface area contributed by atoms with E-state index >= 15 is 0 Å². The summed E-state index contributed by atoms with van der Waals surface area (Å²) < 4.78 is 27.1. The number of halogens is 1. The van der Waals surface area contributed by atoms with E-state index in [4.69, 9.17) is 5.73 Å². The summed E-state index contributed by atoms with van der Waals surface area (Å²) in [5, 5.41) is 3.01.